The lowest BCUT2D eigenvalue weighted by atomic mass is 9.79. The molecule has 2 aliphatic heterocycles. The van der Waals surface area contributed by atoms with E-state index in [9.17, 15) is 14.3 Å². The van der Waals surface area contributed by atoms with Crippen LogP contribution in [0, 0.1) is 11.7 Å². The Balaban J connectivity index is 2.01. The van der Waals surface area contributed by atoms with Gasteiger partial charge in [-0.2, -0.15) is 0 Å². The van der Waals surface area contributed by atoms with E-state index in [-0.39, 0.29) is 30.9 Å². The third-order valence-corrected chi connectivity index (χ3v) is 6.48. The summed E-state index contributed by atoms with van der Waals surface area (Å²) in [5.41, 5.74) is -0.0765. The van der Waals surface area contributed by atoms with Crippen molar-refractivity contribution in [3.05, 3.63) is 57.9 Å². The van der Waals surface area contributed by atoms with Gasteiger partial charge in [0.1, 0.15) is 11.4 Å². The van der Waals surface area contributed by atoms with Crippen molar-refractivity contribution in [1.29, 1.82) is 0 Å². The fourth-order valence-electron chi connectivity index (χ4n) is 3.57. The second-order valence-corrected chi connectivity index (χ2v) is 8.54. The maximum atomic E-state index is 14.8. The molecule has 0 saturated carbocycles. The van der Waals surface area contributed by atoms with Gasteiger partial charge in [0, 0.05) is 27.3 Å². The number of carbonyl (C=O) groups excluding carboxylic acids is 1. The number of fused-ring (bicyclic) bond motifs is 1. The Bertz CT molecular complexity index is 858. The molecule has 0 spiro atoms. The van der Waals surface area contributed by atoms with Crippen molar-refractivity contribution in [3.63, 3.8) is 0 Å². The number of thioether (sulfide) groups is 1. The van der Waals surface area contributed by atoms with Crippen molar-refractivity contribution in [1.82, 2.24) is 5.32 Å². The van der Waals surface area contributed by atoms with Crippen molar-refractivity contribution in [3.8, 4) is 0 Å². The molecule has 0 aromatic heterocycles. The molecule has 1 aromatic carbocycles. The van der Waals surface area contributed by atoms with Gasteiger partial charge in [-0.3, -0.25) is 4.79 Å². The summed E-state index contributed by atoms with van der Waals surface area (Å²) in [5.74, 6) is -0.318. The van der Waals surface area contributed by atoms with Gasteiger partial charge >= 0.3 is 0 Å². The fourth-order valence-corrected chi connectivity index (χ4v) is 5.15. The maximum absolute atomic E-state index is 14.8. The number of carbonyl (C=O) groups is 1. The largest absolute Gasteiger partial charge is 0.394 e. The second-order valence-electron chi connectivity index (χ2n) is 6.61. The lowest BCUT2D eigenvalue weighted by molar-refractivity contribution is -0.115. The van der Waals surface area contributed by atoms with Crippen molar-refractivity contribution >= 4 is 38.8 Å². The molecule has 0 aliphatic carbocycles. The number of rotatable bonds is 4. The number of amides is 1. The number of hydrogen-bond donors (Lipinski definition) is 2. The SMILES string of the molecule is C/C=C\C(=C/C)C(=O)NC1=N[C@@]2(c3cc(Br)ccc3F)CO[C@H](CO)[C@H]2CS1. The molecule has 8 heteroatoms. The van der Waals surface area contributed by atoms with E-state index in [2.05, 4.69) is 21.2 Å². The van der Waals surface area contributed by atoms with E-state index in [1.165, 1.54) is 17.8 Å². The average molecular weight is 469 g/mol. The van der Waals surface area contributed by atoms with Crippen LogP contribution in [0.1, 0.15) is 19.4 Å². The number of amidine groups is 1. The Labute approximate surface area is 176 Å². The topological polar surface area (TPSA) is 70.9 Å². The van der Waals surface area contributed by atoms with E-state index in [1.807, 2.05) is 6.92 Å². The number of aliphatic hydroxyl groups is 1. The summed E-state index contributed by atoms with van der Waals surface area (Å²) in [4.78, 5) is 17.3. The first-order valence-electron chi connectivity index (χ1n) is 8.96. The molecule has 0 radical (unpaired) electrons. The van der Waals surface area contributed by atoms with E-state index in [1.54, 1.807) is 37.3 Å². The Hall–Kier alpha value is -1.48. The summed E-state index contributed by atoms with van der Waals surface area (Å²) in [6, 6.07) is 4.71. The van der Waals surface area contributed by atoms with Gasteiger partial charge in [0.15, 0.2) is 5.17 Å². The van der Waals surface area contributed by atoms with Gasteiger partial charge in [0.05, 0.1) is 19.3 Å². The smallest absolute Gasteiger partial charge is 0.256 e. The number of ether oxygens (including phenoxy) is 1. The summed E-state index contributed by atoms with van der Waals surface area (Å²) in [6.45, 7) is 3.60. The van der Waals surface area contributed by atoms with Crippen LogP contribution in [0.2, 0.25) is 0 Å². The Kier molecular flexibility index (Phi) is 6.75. The third-order valence-electron chi connectivity index (χ3n) is 4.99. The van der Waals surface area contributed by atoms with E-state index >= 15 is 0 Å². The number of allylic oxidation sites excluding steroid dienone is 2. The van der Waals surface area contributed by atoms with Crippen LogP contribution in [0.4, 0.5) is 4.39 Å². The molecule has 1 amide bonds. The number of aliphatic hydroxyl groups excluding tert-OH is 1. The molecule has 3 rings (SSSR count). The van der Waals surface area contributed by atoms with Crippen LogP contribution in [-0.2, 0) is 15.1 Å². The zero-order valence-corrected chi connectivity index (χ0v) is 18.0. The van der Waals surface area contributed by atoms with E-state index in [0.717, 1.165) is 4.47 Å². The lowest BCUT2D eigenvalue weighted by Gasteiger charge is -2.36. The minimum Gasteiger partial charge on any atom is -0.394 e. The van der Waals surface area contributed by atoms with Crippen LogP contribution in [0.3, 0.4) is 0 Å². The molecule has 28 heavy (non-hydrogen) atoms. The quantitative estimate of drug-likeness (QED) is 0.523. The van der Waals surface area contributed by atoms with Gasteiger partial charge in [0.25, 0.3) is 5.91 Å². The number of nitrogens with zero attached hydrogens (tertiary/aromatic N) is 1. The van der Waals surface area contributed by atoms with Crippen LogP contribution < -0.4 is 5.32 Å². The number of aliphatic imine (C=N–C) groups is 1. The molecule has 5 nitrogen and oxygen atoms in total. The molecular weight excluding hydrogens is 447 g/mol. The second kappa shape index (κ2) is 8.90. The van der Waals surface area contributed by atoms with Crippen molar-refractivity contribution in [2.75, 3.05) is 19.0 Å². The molecule has 1 aromatic rings. The molecule has 0 unspecified atom stereocenters. The number of benzene rings is 1. The molecular formula is C20H22BrFN2O3S. The van der Waals surface area contributed by atoms with Gasteiger partial charge in [-0.25, -0.2) is 9.38 Å². The zero-order valence-electron chi connectivity index (χ0n) is 15.6. The average Bonchev–Trinajstić information content (AvgIpc) is 3.06. The first kappa shape index (κ1) is 21.2. The highest BCUT2D eigenvalue weighted by atomic mass is 79.9. The molecule has 0 bridgehead atoms. The normalized spacial score (nSPS) is 27.6. The first-order valence-corrected chi connectivity index (χ1v) is 10.7. The van der Waals surface area contributed by atoms with Gasteiger partial charge in [-0.15, -0.1) is 0 Å². The van der Waals surface area contributed by atoms with Crippen LogP contribution in [0.5, 0.6) is 0 Å². The Morgan fingerprint density at radius 2 is 2.32 bits per heavy atom. The van der Waals surface area contributed by atoms with E-state index in [4.69, 9.17) is 9.73 Å². The van der Waals surface area contributed by atoms with Crippen LogP contribution >= 0.6 is 27.7 Å². The summed E-state index contributed by atoms with van der Waals surface area (Å²) >= 11 is 4.77. The molecule has 2 N–H and O–H groups in total. The molecule has 150 valence electrons. The van der Waals surface area contributed by atoms with Gasteiger partial charge < -0.3 is 15.2 Å². The molecule has 1 saturated heterocycles. The minimum atomic E-state index is -0.994. The van der Waals surface area contributed by atoms with Crippen molar-refractivity contribution in [2.45, 2.75) is 25.5 Å². The zero-order chi connectivity index (χ0) is 20.3. The summed E-state index contributed by atoms with van der Waals surface area (Å²) in [7, 11) is 0. The fraction of sp³-hybridized carbons (Fsp3) is 0.400. The standard InChI is InChI=1S/C20H22BrFN2O3S/c1-3-5-12(4-2)18(26)23-19-24-20(14-8-13(21)6-7-16(14)22)11-27-17(9-25)15(20)10-28-19/h3-8,15,17,25H,9-11H2,1-2H3,(H,23,24,26)/b5-3-,12-4+/t15-,17-,20-/m1/s1. The number of hydrogen-bond acceptors (Lipinski definition) is 5. The minimum absolute atomic E-state index is 0.140. The summed E-state index contributed by atoms with van der Waals surface area (Å²) < 4.78 is 21.3. The number of nitrogens with one attached hydrogen (secondary N) is 1. The molecule has 2 heterocycles. The predicted molar refractivity (Wildman–Crippen MR) is 113 cm³/mol. The van der Waals surface area contributed by atoms with E-state index < -0.39 is 11.6 Å². The maximum Gasteiger partial charge on any atom is 0.256 e. The highest BCUT2D eigenvalue weighted by Crippen LogP contribution is 2.48. The van der Waals surface area contributed by atoms with Crippen LogP contribution in [-0.4, -0.2) is 41.3 Å². The molecule has 3 atom stereocenters. The monoisotopic (exact) mass is 468 g/mol. The molecule has 1 fully saturated rings. The third kappa shape index (κ3) is 3.96. The van der Waals surface area contributed by atoms with Crippen LogP contribution in [0.15, 0.2) is 51.5 Å². The summed E-state index contributed by atoms with van der Waals surface area (Å²) in [5, 5.41) is 12.9. The van der Waals surface area contributed by atoms with Crippen molar-refractivity contribution in [2.24, 2.45) is 10.9 Å². The Morgan fingerprint density at radius 1 is 1.54 bits per heavy atom. The molecule has 2 aliphatic rings. The van der Waals surface area contributed by atoms with Crippen LogP contribution in [0.25, 0.3) is 0 Å². The van der Waals surface area contributed by atoms with Crippen molar-refractivity contribution < 1.29 is 19.0 Å². The Morgan fingerprint density at radius 3 is 3.00 bits per heavy atom. The van der Waals surface area contributed by atoms with E-state index in [0.29, 0.717) is 22.1 Å². The predicted octanol–water partition coefficient (Wildman–Crippen LogP) is 3.53. The van der Waals surface area contributed by atoms with Gasteiger partial charge in [-0.1, -0.05) is 45.9 Å². The lowest BCUT2D eigenvalue weighted by Crippen LogP contribution is -2.45. The highest BCUT2D eigenvalue weighted by Gasteiger charge is 2.54. The highest BCUT2D eigenvalue weighted by molar-refractivity contribution is 9.10. The van der Waals surface area contributed by atoms with Gasteiger partial charge in [-0.05, 0) is 32.0 Å². The van der Waals surface area contributed by atoms with Gasteiger partial charge in [0.2, 0.25) is 0 Å². The first-order chi connectivity index (χ1) is 13.4. The number of halogens is 2. The summed E-state index contributed by atoms with van der Waals surface area (Å²) in [6.07, 6.45) is 4.80.